The molecule has 98 valence electrons. The lowest BCUT2D eigenvalue weighted by molar-refractivity contribution is 0.540. The number of hydrogen-bond acceptors (Lipinski definition) is 3. The molecule has 1 N–H and O–H groups in total. The third kappa shape index (κ3) is 3.03. The molecule has 2 rings (SSSR count). The Morgan fingerprint density at radius 1 is 1.26 bits per heavy atom. The topological polar surface area (TPSA) is 48.7 Å². The van der Waals surface area contributed by atoms with Crippen LogP contribution in [0.4, 0.5) is 5.69 Å². The first kappa shape index (κ1) is 13.4. The molecular formula is C16H19N3. The molecule has 19 heavy (non-hydrogen) atoms. The van der Waals surface area contributed by atoms with Crippen molar-refractivity contribution in [3.8, 4) is 6.07 Å². The smallest absolute Gasteiger partial charge is 0.103 e. The lowest BCUT2D eigenvalue weighted by atomic mass is 10.0. The van der Waals surface area contributed by atoms with Crippen LogP contribution in [0.3, 0.4) is 0 Å². The summed E-state index contributed by atoms with van der Waals surface area (Å²) in [6, 6.07) is 10.5. The van der Waals surface area contributed by atoms with Gasteiger partial charge in [0.15, 0.2) is 0 Å². The fraction of sp³-hybridized carbons (Fsp3) is 0.375. The number of aromatic nitrogens is 1. The van der Waals surface area contributed by atoms with Crippen molar-refractivity contribution >= 4 is 16.6 Å². The van der Waals surface area contributed by atoms with Gasteiger partial charge in [-0.1, -0.05) is 32.0 Å². The highest BCUT2D eigenvalue weighted by molar-refractivity contribution is 5.93. The zero-order valence-electron chi connectivity index (χ0n) is 11.6. The minimum Gasteiger partial charge on any atom is -0.381 e. The first-order valence-corrected chi connectivity index (χ1v) is 6.66. The van der Waals surface area contributed by atoms with Gasteiger partial charge in [-0.2, -0.15) is 5.26 Å². The van der Waals surface area contributed by atoms with Crippen molar-refractivity contribution < 1.29 is 0 Å². The number of hydrogen-bond donors (Lipinski definition) is 1. The molecule has 1 unspecified atom stereocenters. The number of pyridine rings is 1. The van der Waals surface area contributed by atoms with E-state index in [1.54, 1.807) is 6.20 Å². The van der Waals surface area contributed by atoms with E-state index in [4.69, 9.17) is 0 Å². The number of nitrogens with one attached hydrogen (secondary N) is 1. The minimum atomic E-state index is 0.331. The molecule has 0 aliphatic heterocycles. The number of para-hydroxylation sites is 1. The number of rotatable bonds is 4. The van der Waals surface area contributed by atoms with Crippen molar-refractivity contribution in [2.75, 3.05) is 5.32 Å². The second kappa shape index (κ2) is 5.71. The molecule has 2 aromatic rings. The maximum absolute atomic E-state index is 9.24. The van der Waals surface area contributed by atoms with Gasteiger partial charge in [-0.15, -0.1) is 0 Å². The molecule has 1 atom stereocenters. The molecule has 0 saturated carbocycles. The lowest BCUT2D eigenvalue weighted by Crippen LogP contribution is -2.18. The second-order valence-electron chi connectivity index (χ2n) is 5.35. The lowest BCUT2D eigenvalue weighted by Gasteiger charge is -2.19. The van der Waals surface area contributed by atoms with Crippen LogP contribution in [-0.2, 0) is 0 Å². The van der Waals surface area contributed by atoms with E-state index in [-0.39, 0.29) is 0 Å². The first-order chi connectivity index (χ1) is 9.11. The highest BCUT2D eigenvalue weighted by Crippen LogP contribution is 2.26. The van der Waals surface area contributed by atoms with Gasteiger partial charge in [-0.3, -0.25) is 4.98 Å². The maximum atomic E-state index is 9.24. The molecular weight excluding hydrogens is 234 g/mol. The highest BCUT2D eigenvalue weighted by Gasteiger charge is 2.12. The number of fused-ring (bicyclic) bond motifs is 1. The summed E-state index contributed by atoms with van der Waals surface area (Å²) in [5, 5.41) is 13.7. The number of benzene rings is 1. The zero-order chi connectivity index (χ0) is 13.8. The van der Waals surface area contributed by atoms with Crippen molar-refractivity contribution in [1.82, 2.24) is 4.98 Å². The number of nitriles is 1. The molecule has 1 heterocycles. The molecule has 1 aromatic heterocycles. The van der Waals surface area contributed by atoms with E-state index in [0.29, 0.717) is 17.5 Å². The summed E-state index contributed by atoms with van der Waals surface area (Å²) in [4.78, 5) is 4.32. The Morgan fingerprint density at radius 2 is 2.00 bits per heavy atom. The van der Waals surface area contributed by atoms with Crippen LogP contribution in [0.1, 0.15) is 32.8 Å². The average molecular weight is 253 g/mol. The van der Waals surface area contributed by atoms with Crippen molar-refractivity contribution in [1.29, 1.82) is 5.26 Å². The van der Waals surface area contributed by atoms with Gasteiger partial charge in [-0.25, -0.2) is 0 Å². The summed E-state index contributed by atoms with van der Waals surface area (Å²) in [5.41, 5.74) is 2.43. The van der Waals surface area contributed by atoms with Crippen LogP contribution in [-0.4, -0.2) is 11.0 Å². The molecule has 0 spiro atoms. The van der Waals surface area contributed by atoms with Crippen LogP contribution in [0.5, 0.6) is 0 Å². The van der Waals surface area contributed by atoms with E-state index in [9.17, 15) is 5.26 Å². The van der Waals surface area contributed by atoms with E-state index in [0.717, 1.165) is 23.0 Å². The Balaban J connectivity index is 2.42. The molecule has 0 radical (unpaired) electrons. The fourth-order valence-corrected chi connectivity index (χ4v) is 2.39. The first-order valence-electron chi connectivity index (χ1n) is 6.66. The van der Waals surface area contributed by atoms with Gasteiger partial charge in [0.1, 0.15) is 6.07 Å². The number of nitrogens with zero attached hydrogens (tertiary/aromatic N) is 2. The van der Waals surface area contributed by atoms with Crippen LogP contribution >= 0.6 is 0 Å². The van der Waals surface area contributed by atoms with Gasteiger partial charge in [0.25, 0.3) is 0 Å². The molecule has 0 saturated heterocycles. The number of anilines is 1. The monoisotopic (exact) mass is 253 g/mol. The minimum absolute atomic E-state index is 0.331. The van der Waals surface area contributed by atoms with Gasteiger partial charge < -0.3 is 5.32 Å². The third-order valence-corrected chi connectivity index (χ3v) is 3.11. The quantitative estimate of drug-likeness (QED) is 0.897. The van der Waals surface area contributed by atoms with E-state index in [2.05, 4.69) is 37.1 Å². The van der Waals surface area contributed by atoms with Crippen LogP contribution in [0.2, 0.25) is 0 Å². The Hall–Kier alpha value is -2.08. The van der Waals surface area contributed by atoms with E-state index in [1.165, 1.54) is 0 Å². The molecule has 1 aromatic carbocycles. The van der Waals surface area contributed by atoms with Gasteiger partial charge in [0.2, 0.25) is 0 Å². The summed E-state index contributed by atoms with van der Waals surface area (Å²) in [6.45, 7) is 6.55. The maximum Gasteiger partial charge on any atom is 0.103 e. The van der Waals surface area contributed by atoms with Crippen LogP contribution in [0, 0.1) is 17.2 Å². The van der Waals surface area contributed by atoms with Gasteiger partial charge in [-0.05, 0) is 25.3 Å². The molecule has 3 nitrogen and oxygen atoms in total. The van der Waals surface area contributed by atoms with Gasteiger partial charge in [0.05, 0.1) is 16.8 Å². The van der Waals surface area contributed by atoms with Crippen LogP contribution in [0.25, 0.3) is 10.9 Å². The summed E-state index contributed by atoms with van der Waals surface area (Å²) in [5.74, 6) is 0.626. The van der Waals surface area contributed by atoms with E-state index >= 15 is 0 Å². The molecule has 0 amide bonds. The van der Waals surface area contributed by atoms with Crippen molar-refractivity contribution in [3.05, 3.63) is 36.0 Å². The Labute approximate surface area is 114 Å². The van der Waals surface area contributed by atoms with E-state index in [1.807, 2.05) is 24.3 Å². The third-order valence-electron chi connectivity index (χ3n) is 3.11. The molecule has 0 aliphatic carbocycles. The standard InChI is InChI=1S/C16H19N3/c1-11(2)8-12(3)19-16-13(9-17)10-18-15-7-5-4-6-14(15)16/h4-7,10-12H,8H2,1-3H3,(H,18,19). The molecule has 0 aliphatic rings. The molecule has 0 fully saturated rings. The fourth-order valence-electron chi connectivity index (χ4n) is 2.39. The highest BCUT2D eigenvalue weighted by atomic mass is 14.9. The summed E-state index contributed by atoms with van der Waals surface area (Å²) in [6.07, 6.45) is 2.72. The predicted octanol–water partition coefficient (Wildman–Crippen LogP) is 3.95. The van der Waals surface area contributed by atoms with Crippen LogP contribution in [0.15, 0.2) is 30.5 Å². The Bertz CT molecular complexity index is 611. The molecule has 3 heteroatoms. The normalized spacial score (nSPS) is 12.4. The van der Waals surface area contributed by atoms with Crippen molar-refractivity contribution in [2.24, 2.45) is 5.92 Å². The average Bonchev–Trinajstić information content (AvgIpc) is 2.38. The van der Waals surface area contributed by atoms with Gasteiger partial charge >= 0.3 is 0 Å². The van der Waals surface area contributed by atoms with Gasteiger partial charge in [0, 0.05) is 17.6 Å². The zero-order valence-corrected chi connectivity index (χ0v) is 11.6. The second-order valence-corrected chi connectivity index (χ2v) is 5.35. The summed E-state index contributed by atoms with van der Waals surface area (Å²) < 4.78 is 0. The largest absolute Gasteiger partial charge is 0.381 e. The molecule has 0 bridgehead atoms. The Kier molecular flexibility index (Phi) is 4.01. The SMILES string of the molecule is CC(C)CC(C)Nc1c(C#N)cnc2ccccc12. The Morgan fingerprint density at radius 3 is 2.68 bits per heavy atom. The summed E-state index contributed by atoms with van der Waals surface area (Å²) in [7, 11) is 0. The summed E-state index contributed by atoms with van der Waals surface area (Å²) >= 11 is 0. The van der Waals surface area contributed by atoms with Crippen molar-refractivity contribution in [2.45, 2.75) is 33.2 Å². The van der Waals surface area contributed by atoms with Crippen LogP contribution < -0.4 is 5.32 Å². The van der Waals surface area contributed by atoms with Crippen molar-refractivity contribution in [3.63, 3.8) is 0 Å². The predicted molar refractivity (Wildman–Crippen MR) is 79.0 cm³/mol. The van der Waals surface area contributed by atoms with E-state index < -0.39 is 0 Å².